The van der Waals surface area contributed by atoms with Gasteiger partial charge in [-0.25, -0.2) is 4.98 Å². The molecule has 1 fully saturated rings. The molecule has 45 heavy (non-hydrogen) atoms. The Kier molecular flexibility index (Phi) is 7.84. The summed E-state index contributed by atoms with van der Waals surface area (Å²) in [5, 5.41) is 34.9. The molecule has 1 amide bonds. The first-order valence-corrected chi connectivity index (χ1v) is 15.8. The van der Waals surface area contributed by atoms with Crippen LogP contribution in [0.1, 0.15) is 78.0 Å². The average molecular weight is 609 g/mol. The highest BCUT2D eigenvalue weighted by atomic mass is 16.3. The fraction of sp³-hybridized carbons (Fsp3) is 0.400. The predicted octanol–water partition coefficient (Wildman–Crippen LogP) is 5.58. The summed E-state index contributed by atoms with van der Waals surface area (Å²) < 4.78 is 1.41. The SMILES string of the molecule is CCN(CC)c1ccc(C2=C(O)/C(=c3/c(C(C)(C)C)nn4nc(-c5ccc(NC(=O)CC6CCCC6)cc5)nc34)C2=O)c(O)c1. The van der Waals surface area contributed by atoms with E-state index < -0.39 is 5.41 Å². The zero-order valence-corrected chi connectivity index (χ0v) is 26.5. The molecule has 1 saturated carbocycles. The summed E-state index contributed by atoms with van der Waals surface area (Å²) >= 11 is 0. The van der Waals surface area contributed by atoms with E-state index in [9.17, 15) is 19.8 Å². The van der Waals surface area contributed by atoms with Gasteiger partial charge in [-0.15, -0.1) is 9.73 Å². The number of amides is 1. The lowest BCUT2D eigenvalue weighted by Gasteiger charge is -2.25. The Bertz CT molecular complexity index is 1870. The fourth-order valence-corrected chi connectivity index (χ4v) is 6.45. The average Bonchev–Trinajstić information content (AvgIpc) is 3.73. The van der Waals surface area contributed by atoms with Gasteiger partial charge in [-0.3, -0.25) is 9.59 Å². The number of carbonyl (C=O) groups excluding carboxylic acids is 2. The van der Waals surface area contributed by atoms with Crippen molar-refractivity contribution in [3.63, 3.8) is 0 Å². The number of nitrogens with zero attached hydrogens (tertiary/aromatic N) is 5. The van der Waals surface area contributed by atoms with Gasteiger partial charge in [-0.2, -0.15) is 5.10 Å². The van der Waals surface area contributed by atoms with Gasteiger partial charge in [0.2, 0.25) is 11.7 Å². The Morgan fingerprint density at radius 3 is 2.29 bits per heavy atom. The van der Waals surface area contributed by atoms with Crippen molar-refractivity contribution in [2.45, 2.75) is 72.1 Å². The van der Waals surface area contributed by atoms with Crippen LogP contribution in [0.25, 0.3) is 28.2 Å². The van der Waals surface area contributed by atoms with Crippen LogP contribution in [0, 0.1) is 5.92 Å². The number of rotatable bonds is 8. The van der Waals surface area contributed by atoms with Crippen molar-refractivity contribution in [2.75, 3.05) is 23.3 Å². The first-order valence-electron chi connectivity index (χ1n) is 15.8. The molecule has 0 spiro atoms. The largest absolute Gasteiger partial charge is 0.507 e. The van der Waals surface area contributed by atoms with Crippen molar-refractivity contribution in [1.82, 2.24) is 19.8 Å². The Hall–Kier alpha value is -4.73. The number of benzene rings is 2. The Balaban J connectivity index is 1.35. The lowest BCUT2D eigenvalue weighted by atomic mass is 9.80. The second-order valence-electron chi connectivity index (χ2n) is 13.0. The zero-order valence-electron chi connectivity index (χ0n) is 26.5. The van der Waals surface area contributed by atoms with Crippen LogP contribution in [0.5, 0.6) is 5.75 Å². The van der Waals surface area contributed by atoms with Crippen LogP contribution in [0.2, 0.25) is 0 Å². The number of ketones is 1. The highest BCUT2D eigenvalue weighted by Gasteiger charge is 2.40. The molecule has 10 heteroatoms. The number of phenolic OH excluding ortho intramolecular Hbond substituents is 1. The first-order chi connectivity index (χ1) is 21.5. The van der Waals surface area contributed by atoms with E-state index in [0.29, 0.717) is 40.4 Å². The molecule has 2 heterocycles. The van der Waals surface area contributed by atoms with E-state index in [1.54, 1.807) is 12.1 Å². The van der Waals surface area contributed by atoms with E-state index in [2.05, 4.69) is 15.3 Å². The minimum atomic E-state index is -0.479. The van der Waals surface area contributed by atoms with E-state index >= 15 is 0 Å². The van der Waals surface area contributed by atoms with Gasteiger partial charge in [0.1, 0.15) is 11.5 Å². The molecule has 10 nitrogen and oxygen atoms in total. The summed E-state index contributed by atoms with van der Waals surface area (Å²) in [6, 6.07) is 12.5. The quantitative estimate of drug-likeness (QED) is 0.236. The smallest absolute Gasteiger partial charge is 0.224 e. The molecule has 4 aromatic rings. The molecule has 0 saturated heterocycles. The molecule has 234 valence electrons. The van der Waals surface area contributed by atoms with E-state index in [4.69, 9.17) is 10.1 Å². The van der Waals surface area contributed by atoms with Gasteiger partial charge in [0.05, 0.1) is 22.1 Å². The number of fused-ring (bicyclic) bond motifs is 1. The molecule has 0 radical (unpaired) electrons. The van der Waals surface area contributed by atoms with Gasteiger partial charge < -0.3 is 20.4 Å². The minimum Gasteiger partial charge on any atom is -0.507 e. The second kappa shape index (κ2) is 11.6. The van der Waals surface area contributed by atoms with Crippen LogP contribution in [0.4, 0.5) is 11.4 Å². The zero-order chi connectivity index (χ0) is 32.0. The minimum absolute atomic E-state index is 0.0274. The number of allylic oxidation sites excluding steroid dienone is 2. The normalized spacial score (nSPS) is 16.9. The third-order valence-electron chi connectivity index (χ3n) is 8.89. The number of carbonyl (C=O) groups is 2. The van der Waals surface area contributed by atoms with Gasteiger partial charge in [0.25, 0.3) is 0 Å². The predicted molar refractivity (Wildman–Crippen MR) is 175 cm³/mol. The van der Waals surface area contributed by atoms with Crippen molar-refractivity contribution in [2.24, 2.45) is 5.92 Å². The van der Waals surface area contributed by atoms with Crippen LogP contribution < -0.4 is 15.4 Å². The summed E-state index contributed by atoms with van der Waals surface area (Å²) in [4.78, 5) is 33.0. The number of aliphatic hydroxyl groups excluding tert-OH is 1. The molecule has 3 N–H and O–H groups in total. The monoisotopic (exact) mass is 608 g/mol. The number of Topliss-reactive ketones (excluding diaryl/α,β-unsaturated/α-hetero) is 1. The van der Waals surface area contributed by atoms with Gasteiger partial charge >= 0.3 is 0 Å². The maximum absolute atomic E-state index is 13.7. The summed E-state index contributed by atoms with van der Waals surface area (Å²) in [7, 11) is 0. The van der Waals surface area contributed by atoms with Crippen molar-refractivity contribution < 1.29 is 19.8 Å². The number of hydrogen-bond donors (Lipinski definition) is 3. The third kappa shape index (κ3) is 5.54. The summed E-state index contributed by atoms with van der Waals surface area (Å²) in [5.74, 6) is 0.246. The van der Waals surface area contributed by atoms with Gasteiger partial charge in [-0.1, -0.05) is 33.6 Å². The number of nitrogens with one attached hydrogen (secondary N) is 1. The molecular weight excluding hydrogens is 568 g/mol. The summed E-state index contributed by atoms with van der Waals surface area (Å²) in [5.41, 5.74) is 3.20. The highest BCUT2D eigenvalue weighted by molar-refractivity contribution is 6.52. The molecule has 0 aliphatic heterocycles. The van der Waals surface area contributed by atoms with E-state index in [1.807, 2.05) is 65.0 Å². The van der Waals surface area contributed by atoms with Gasteiger partial charge in [0, 0.05) is 53.5 Å². The number of aliphatic hydroxyl groups is 1. The molecule has 0 atom stereocenters. The van der Waals surface area contributed by atoms with Crippen molar-refractivity contribution >= 4 is 39.9 Å². The summed E-state index contributed by atoms with van der Waals surface area (Å²) in [6.45, 7) is 11.5. The number of phenols is 1. The standard InChI is InChI=1S/C35H40N6O4/c1-6-40(7-2)23-16-17-24(25(42)19-23)27-30(44)28(31(27)45)29-32(35(3,4)5)38-41-34(29)37-33(39-41)21-12-14-22(15-13-21)36-26(43)18-20-10-8-9-11-20/h12-17,19-20,42,44H,6-11,18H2,1-5H3,(H,36,43)/b29-28+. The molecular formula is C35H40N6O4. The van der Waals surface area contributed by atoms with Crippen molar-refractivity contribution in [3.05, 3.63) is 64.7 Å². The Morgan fingerprint density at radius 2 is 1.69 bits per heavy atom. The van der Waals surface area contributed by atoms with Crippen LogP contribution in [-0.2, 0) is 15.0 Å². The van der Waals surface area contributed by atoms with Crippen LogP contribution in [-0.4, -0.2) is 54.8 Å². The molecule has 2 aliphatic carbocycles. The number of hydrogen-bond acceptors (Lipinski definition) is 8. The number of aromatic hydroxyl groups is 1. The van der Waals surface area contributed by atoms with Crippen LogP contribution in [0.3, 0.4) is 0 Å². The molecule has 6 rings (SSSR count). The summed E-state index contributed by atoms with van der Waals surface area (Å²) in [6.07, 6.45) is 5.19. The van der Waals surface area contributed by atoms with Crippen LogP contribution in [0.15, 0.2) is 48.2 Å². The second-order valence-corrected chi connectivity index (χ2v) is 13.0. The molecule has 0 unspecified atom stereocenters. The molecule has 2 aliphatic rings. The maximum Gasteiger partial charge on any atom is 0.224 e. The third-order valence-corrected chi connectivity index (χ3v) is 8.89. The van der Waals surface area contributed by atoms with E-state index in [1.165, 1.54) is 17.5 Å². The lowest BCUT2D eigenvalue weighted by molar-refractivity contribution is -0.117. The maximum atomic E-state index is 13.7. The lowest BCUT2D eigenvalue weighted by Crippen LogP contribution is -2.32. The first kappa shape index (κ1) is 30.3. The van der Waals surface area contributed by atoms with Crippen molar-refractivity contribution in [1.29, 1.82) is 0 Å². The van der Waals surface area contributed by atoms with Gasteiger partial charge in [-0.05, 0) is 69.0 Å². The number of anilines is 2. The fourth-order valence-electron chi connectivity index (χ4n) is 6.45. The van der Waals surface area contributed by atoms with E-state index in [-0.39, 0.29) is 39.9 Å². The molecule has 2 aromatic heterocycles. The highest BCUT2D eigenvalue weighted by Crippen LogP contribution is 2.42. The van der Waals surface area contributed by atoms with Crippen LogP contribution >= 0.6 is 0 Å². The molecule has 0 bridgehead atoms. The van der Waals surface area contributed by atoms with Crippen molar-refractivity contribution in [3.8, 4) is 17.1 Å². The Labute approximate surface area is 262 Å². The topological polar surface area (TPSA) is 133 Å². The number of aromatic nitrogens is 4. The van der Waals surface area contributed by atoms with E-state index in [0.717, 1.165) is 37.2 Å². The molecule has 2 aromatic carbocycles. The van der Waals surface area contributed by atoms with Gasteiger partial charge in [0.15, 0.2) is 11.5 Å². The Morgan fingerprint density at radius 1 is 1.00 bits per heavy atom.